The smallest absolute Gasteiger partial charge is 0.186 e. The zero-order chi connectivity index (χ0) is 23.6. The Morgan fingerprint density at radius 3 is 1.44 bits per heavy atom. The number of hydrogen-bond acceptors (Lipinski definition) is 6. The summed E-state index contributed by atoms with van der Waals surface area (Å²) in [6.07, 6.45) is -2.97. The van der Waals surface area contributed by atoms with E-state index in [1.54, 1.807) is 7.11 Å². The number of aliphatic hydroxyl groups excluding tert-OH is 1. The van der Waals surface area contributed by atoms with Gasteiger partial charge in [-0.1, -0.05) is 91.0 Å². The van der Waals surface area contributed by atoms with Crippen LogP contribution in [0.1, 0.15) is 16.7 Å². The van der Waals surface area contributed by atoms with Gasteiger partial charge in [0.15, 0.2) is 6.29 Å². The molecule has 6 nitrogen and oxygen atoms in total. The summed E-state index contributed by atoms with van der Waals surface area (Å²) in [5.74, 6) is 0. The molecule has 0 amide bonds. The summed E-state index contributed by atoms with van der Waals surface area (Å²) in [4.78, 5) is 0. The molecule has 0 unspecified atom stereocenters. The third kappa shape index (κ3) is 6.51. The Morgan fingerprint density at radius 1 is 0.618 bits per heavy atom. The molecule has 1 saturated heterocycles. The maximum absolute atomic E-state index is 10.1. The molecular weight excluding hydrogens is 432 g/mol. The average Bonchev–Trinajstić information content (AvgIpc) is 2.91. The van der Waals surface area contributed by atoms with Gasteiger partial charge in [-0.3, -0.25) is 0 Å². The van der Waals surface area contributed by atoms with Gasteiger partial charge in [0, 0.05) is 7.11 Å². The van der Waals surface area contributed by atoms with E-state index in [1.165, 1.54) is 0 Å². The van der Waals surface area contributed by atoms with Gasteiger partial charge in [-0.05, 0) is 16.7 Å². The molecule has 0 saturated carbocycles. The van der Waals surface area contributed by atoms with Crippen molar-refractivity contribution in [3.63, 3.8) is 0 Å². The lowest BCUT2D eigenvalue weighted by atomic mass is 9.98. The highest BCUT2D eigenvalue weighted by Gasteiger charge is 2.48. The van der Waals surface area contributed by atoms with Crippen LogP contribution in [0.3, 0.4) is 0 Å². The van der Waals surface area contributed by atoms with Crippen molar-refractivity contribution in [2.24, 2.45) is 0 Å². The van der Waals surface area contributed by atoms with Crippen LogP contribution >= 0.6 is 0 Å². The maximum atomic E-state index is 10.1. The number of ether oxygens (including phenoxy) is 5. The Kier molecular flexibility index (Phi) is 9.21. The van der Waals surface area contributed by atoms with Crippen molar-refractivity contribution in [3.05, 3.63) is 108 Å². The van der Waals surface area contributed by atoms with Crippen LogP contribution in [-0.4, -0.2) is 49.5 Å². The van der Waals surface area contributed by atoms with Crippen LogP contribution in [0.2, 0.25) is 0 Å². The zero-order valence-corrected chi connectivity index (χ0v) is 19.4. The quantitative estimate of drug-likeness (QED) is 0.461. The fourth-order valence-electron chi connectivity index (χ4n) is 4.08. The molecule has 3 aromatic rings. The summed E-state index contributed by atoms with van der Waals surface area (Å²) in [6, 6.07) is 29.8. The normalized spacial score (nSPS) is 24.7. The van der Waals surface area contributed by atoms with E-state index in [1.807, 2.05) is 91.0 Å². The fourth-order valence-corrected chi connectivity index (χ4v) is 4.08. The van der Waals surface area contributed by atoms with Crippen LogP contribution in [-0.2, 0) is 43.5 Å². The molecule has 4 rings (SSSR count). The zero-order valence-electron chi connectivity index (χ0n) is 19.4. The van der Waals surface area contributed by atoms with E-state index in [0.717, 1.165) is 16.7 Å². The summed E-state index contributed by atoms with van der Waals surface area (Å²) >= 11 is 0. The molecule has 1 heterocycles. The summed E-state index contributed by atoms with van der Waals surface area (Å²) < 4.78 is 30.7. The van der Waals surface area contributed by atoms with Crippen LogP contribution in [0.5, 0.6) is 0 Å². The topological polar surface area (TPSA) is 66.4 Å². The summed E-state index contributed by atoms with van der Waals surface area (Å²) in [5.41, 5.74) is 3.09. The number of aliphatic hydroxyl groups is 1. The second-order valence-electron chi connectivity index (χ2n) is 8.24. The van der Waals surface area contributed by atoms with Gasteiger partial charge in [-0.25, -0.2) is 0 Å². The maximum Gasteiger partial charge on any atom is 0.186 e. The van der Waals surface area contributed by atoms with Crippen molar-refractivity contribution in [2.45, 2.75) is 50.5 Å². The van der Waals surface area contributed by atoms with E-state index in [4.69, 9.17) is 23.7 Å². The third-order valence-corrected chi connectivity index (χ3v) is 5.86. The van der Waals surface area contributed by atoms with Crippen LogP contribution < -0.4 is 0 Å². The molecule has 3 aromatic carbocycles. The molecule has 1 fully saturated rings. The minimum Gasteiger partial charge on any atom is -0.394 e. The van der Waals surface area contributed by atoms with E-state index in [0.29, 0.717) is 19.8 Å². The molecule has 1 N–H and O–H groups in total. The minimum atomic E-state index is -0.710. The second kappa shape index (κ2) is 12.8. The first kappa shape index (κ1) is 24.5. The first-order chi connectivity index (χ1) is 16.8. The van der Waals surface area contributed by atoms with Gasteiger partial charge in [-0.2, -0.15) is 0 Å². The number of rotatable bonds is 11. The van der Waals surface area contributed by atoms with E-state index >= 15 is 0 Å². The molecular formula is C28H32O6. The molecule has 180 valence electrons. The van der Waals surface area contributed by atoms with E-state index in [9.17, 15) is 5.11 Å². The Hall–Kier alpha value is -2.58. The lowest BCUT2D eigenvalue weighted by molar-refractivity contribution is -0.321. The minimum absolute atomic E-state index is 0.226. The summed E-state index contributed by atoms with van der Waals surface area (Å²) in [7, 11) is 1.57. The standard InChI is InChI=1S/C28H32O6/c1-30-28-27(33-20-23-15-9-4-10-16-23)26(32-19-22-13-7-3-8-14-22)25(24(17-29)34-28)31-18-21-11-5-2-6-12-21/h2-16,24-29H,17-20H2,1H3/t24-,25-,26+,27-,28-/m0/s1. The Bertz CT molecular complexity index is 895. The van der Waals surface area contributed by atoms with Crippen LogP contribution in [0, 0.1) is 0 Å². The molecule has 1 aliphatic heterocycles. The summed E-state index contributed by atoms with van der Waals surface area (Å²) in [6.45, 7) is 0.876. The highest BCUT2D eigenvalue weighted by molar-refractivity contribution is 5.15. The lowest BCUT2D eigenvalue weighted by Gasteiger charge is -2.45. The molecule has 0 radical (unpaired) electrons. The van der Waals surface area contributed by atoms with Gasteiger partial charge >= 0.3 is 0 Å². The van der Waals surface area contributed by atoms with Crippen LogP contribution in [0.4, 0.5) is 0 Å². The largest absolute Gasteiger partial charge is 0.394 e. The predicted molar refractivity (Wildman–Crippen MR) is 128 cm³/mol. The van der Waals surface area contributed by atoms with Gasteiger partial charge < -0.3 is 28.8 Å². The van der Waals surface area contributed by atoms with Gasteiger partial charge in [0.25, 0.3) is 0 Å². The van der Waals surface area contributed by atoms with Crippen molar-refractivity contribution < 1.29 is 28.8 Å². The third-order valence-electron chi connectivity index (χ3n) is 5.86. The van der Waals surface area contributed by atoms with Gasteiger partial charge in [0.2, 0.25) is 0 Å². The Morgan fingerprint density at radius 2 is 1.03 bits per heavy atom. The fraction of sp³-hybridized carbons (Fsp3) is 0.357. The molecule has 0 bridgehead atoms. The molecule has 0 aromatic heterocycles. The molecule has 34 heavy (non-hydrogen) atoms. The number of methoxy groups -OCH3 is 1. The lowest BCUT2D eigenvalue weighted by Crippen LogP contribution is -2.61. The van der Waals surface area contributed by atoms with E-state index in [-0.39, 0.29) is 6.61 Å². The van der Waals surface area contributed by atoms with E-state index in [2.05, 4.69) is 0 Å². The molecule has 1 aliphatic rings. The molecule has 0 spiro atoms. The predicted octanol–water partition coefficient (Wildman–Crippen LogP) is 4.11. The highest BCUT2D eigenvalue weighted by Crippen LogP contribution is 2.30. The number of hydrogen-bond donors (Lipinski definition) is 1. The number of benzene rings is 3. The van der Waals surface area contributed by atoms with Gasteiger partial charge in [0.05, 0.1) is 26.4 Å². The molecule has 0 aliphatic carbocycles. The molecule has 5 atom stereocenters. The van der Waals surface area contributed by atoms with E-state index < -0.39 is 30.7 Å². The SMILES string of the molecule is CO[C@H]1O[C@@H](CO)[C@H](OCc2ccccc2)[C@@H](OCc2ccccc2)[C@@H]1OCc1ccccc1. The average molecular weight is 465 g/mol. The Balaban J connectivity index is 1.56. The molecule has 6 heteroatoms. The van der Waals surface area contributed by atoms with Crippen molar-refractivity contribution >= 4 is 0 Å². The van der Waals surface area contributed by atoms with Crippen molar-refractivity contribution in [1.29, 1.82) is 0 Å². The Labute approximate surface area is 201 Å². The van der Waals surface area contributed by atoms with Gasteiger partial charge in [-0.15, -0.1) is 0 Å². The second-order valence-corrected chi connectivity index (χ2v) is 8.24. The van der Waals surface area contributed by atoms with Crippen molar-refractivity contribution in [2.75, 3.05) is 13.7 Å². The first-order valence-corrected chi connectivity index (χ1v) is 11.5. The van der Waals surface area contributed by atoms with Gasteiger partial charge in [0.1, 0.15) is 24.4 Å². The van der Waals surface area contributed by atoms with Crippen molar-refractivity contribution in [3.8, 4) is 0 Å². The van der Waals surface area contributed by atoms with Crippen LogP contribution in [0.25, 0.3) is 0 Å². The first-order valence-electron chi connectivity index (χ1n) is 11.5. The highest BCUT2D eigenvalue weighted by atomic mass is 16.7. The van der Waals surface area contributed by atoms with Crippen LogP contribution in [0.15, 0.2) is 91.0 Å². The summed E-state index contributed by atoms with van der Waals surface area (Å²) in [5, 5.41) is 10.1. The monoisotopic (exact) mass is 464 g/mol. The van der Waals surface area contributed by atoms with Crippen molar-refractivity contribution in [1.82, 2.24) is 0 Å².